The van der Waals surface area contributed by atoms with Crippen LogP contribution in [0.25, 0.3) is 0 Å². The lowest BCUT2D eigenvalue weighted by molar-refractivity contribution is -0.124. The van der Waals surface area contributed by atoms with Crippen LogP contribution in [0.4, 0.5) is 0 Å². The number of fused-ring (bicyclic) bond motifs is 1. The van der Waals surface area contributed by atoms with Crippen LogP contribution in [0.1, 0.15) is 10.4 Å². The predicted molar refractivity (Wildman–Crippen MR) is 69.0 cm³/mol. The molecule has 3 nitrogen and oxygen atoms in total. The minimum absolute atomic E-state index is 0.0207. The van der Waals surface area contributed by atoms with Gasteiger partial charge in [-0.25, -0.2) is 5.43 Å². The molecule has 2 aliphatic rings. The van der Waals surface area contributed by atoms with E-state index in [-0.39, 0.29) is 17.7 Å². The Morgan fingerprint density at radius 2 is 2.06 bits per heavy atom. The second-order valence-electron chi connectivity index (χ2n) is 4.28. The molecule has 4 heteroatoms. The lowest BCUT2D eigenvalue weighted by Crippen LogP contribution is -2.40. The Morgan fingerprint density at radius 1 is 1.29 bits per heavy atom. The van der Waals surface area contributed by atoms with Gasteiger partial charge in [0.05, 0.1) is 16.5 Å². The summed E-state index contributed by atoms with van der Waals surface area (Å²) in [5.41, 5.74) is 4.81. The van der Waals surface area contributed by atoms with Crippen molar-refractivity contribution in [1.82, 2.24) is 5.43 Å². The highest BCUT2D eigenvalue weighted by atomic mass is 32.1. The van der Waals surface area contributed by atoms with Crippen molar-refractivity contribution in [2.24, 2.45) is 16.9 Å². The summed E-state index contributed by atoms with van der Waals surface area (Å²) in [6.45, 7) is 2.07. The largest absolute Gasteiger partial charge is 0.272 e. The van der Waals surface area contributed by atoms with Crippen LogP contribution in [-0.4, -0.2) is 11.6 Å². The number of hydrogen-bond acceptors (Lipinski definition) is 3. The van der Waals surface area contributed by atoms with Crippen LogP contribution < -0.4 is 5.43 Å². The van der Waals surface area contributed by atoms with E-state index in [1.54, 1.807) is 11.3 Å². The summed E-state index contributed by atoms with van der Waals surface area (Å²) in [6.07, 6.45) is 7.89. The van der Waals surface area contributed by atoms with Gasteiger partial charge in [-0.1, -0.05) is 24.3 Å². The van der Waals surface area contributed by atoms with Gasteiger partial charge in [0, 0.05) is 5.92 Å². The molecule has 1 aromatic heterocycles. The third-order valence-electron chi connectivity index (χ3n) is 3.02. The van der Waals surface area contributed by atoms with Crippen LogP contribution in [0.15, 0.2) is 40.9 Å². The van der Waals surface area contributed by atoms with Gasteiger partial charge < -0.3 is 0 Å². The van der Waals surface area contributed by atoms with Crippen LogP contribution in [0.2, 0.25) is 0 Å². The summed E-state index contributed by atoms with van der Waals surface area (Å²) >= 11 is 1.67. The normalized spacial score (nSPS) is 26.4. The number of carbonyl (C=O) groups excluding carboxylic acids is 1. The minimum atomic E-state index is -0.116. The fourth-order valence-electron chi connectivity index (χ4n) is 2.17. The summed E-state index contributed by atoms with van der Waals surface area (Å²) in [4.78, 5) is 12.8. The molecular formula is C13H12N2OS. The van der Waals surface area contributed by atoms with Crippen molar-refractivity contribution in [2.45, 2.75) is 6.92 Å². The van der Waals surface area contributed by atoms with Crippen molar-refractivity contribution in [1.29, 1.82) is 0 Å². The monoisotopic (exact) mass is 244 g/mol. The summed E-state index contributed by atoms with van der Waals surface area (Å²) in [5, 5.41) is 6.32. The predicted octanol–water partition coefficient (Wildman–Crippen LogP) is 2.25. The maximum Gasteiger partial charge on any atom is 0.248 e. The van der Waals surface area contributed by atoms with E-state index in [0.29, 0.717) is 0 Å². The number of nitrogens with one attached hydrogen (secondary N) is 1. The minimum Gasteiger partial charge on any atom is -0.272 e. The first-order chi connectivity index (χ1) is 8.25. The summed E-state index contributed by atoms with van der Waals surface area (Å²) < 4.78 is 0. The van der Waals surface area contributed by atoms with Crippen molar-refractivity contribution in [3.8, 4) is 0 Å². The van der Waals surface area contributed by atoms with Gasteiger partial charge in [0.1, 0.15) is 0 Å². The molecule has 0 saturated carbocycles. The standard InChI is InChI=1S/C13H12N2OS/c1-8-6-11(17-7-8)12-9-4-2-3-5-10(9)13(16)15-14-12/h2-7,9-10H,1H3,(H,15,16)/t9-,10+/m1/s1. The Morgan fingerprint density at radius 3 is 2.76 bits per heavy atom. The molecule has 0 saturated heterocycles. The molecule has 86 valence electrons. The molecule has 0 radical (unpaired) electrons. The van der Waals surface area contributed by atoms with E-state index in [9.17, 15) is 4.79 Å². The van der Waals surface area contributed by atoms with Gasteiger partial charge in [0.15, 0.2) is 0 Å². The van der Waals surface area contributed by atoms with Crippen molar-refractivity contribution in [2.75, 3.05) is 0 Å². The molecular weight excluding hydrogens is 232 g/mol. The maximum atomic E-state index is 11.7. The zero-order valence-electron chi connectivity index (χ0n) is 9.38. The molecule has 1 aliphatic heterocycles. The molecule has 1 N–H and O–H groups in total. The Bertz CT molecular complexity index is 554. The molecule has 0 bridgehead atoms. The quantitative estimate of drug-likeness (QED) is 0.808. The SMILES string of the molecule is Cc1csc(C2=NNC(=O)[C@H]3C=CC=C[C@@H]23)c1. The molecule has 17 heavy (non-hydrogen) atoms. The number of amides is 1. The van der Waals surface area contributed by atoms with Crippen LogP contribution in [0.5, 0.6) is 0 Å². The van der Waals surface area contributed by atoms with Crippen LogP contribution >= 0.6 is 11.3 Å². The average molecular weight is 244 g/mol. The number of thiophene rings is 1. The highest BCUT2D eigenvalue weighted by molar-refractivity contribution is 7.12. The van der Waals surface area contributed by atoms with Crippen LogP contribution in [-0.2, 0) is 4.79 Å². The zero-order valence-corrected chi connectivity index (χ0v) is 10.2. The van der Waals surface area contributed by atoms with E-state index in [0.717, 1.165) is 10.6 Å². The molecule has 0 unspecified atom stereocenters. The van der Waals surface area contributed by atoms with Crippen molar-refractivity contribution in [3.63, 3.8) is 0 Å². The summed E-state index contributed by atoms with van der Waals surface area (Å²) in [5.74, 6) is -0.0608. The van der Waals surface area contributed by atoms with E-state index in [1.807, 2.05) is 18.2 Å². The number of hydrazone groups is 1. The third-order valence-corrected chi connectivity index (χ3v) is 4.09. The Kier molecular flexibility index (Phi) is 2.44. The van der Waals surface area contributed by atoms with Crippen LogP contribution in [0.3, 0.4) is 0 Å². The molecule has 0 spiro atoms. The first-order valence-electron chi connectivity index (χ1n) is 5.53. The van der Waals surface area contributed by atoms with E-state index < -0.39 is 0 Å². The fourth-order valence-corrected chi connectivity index (χ4v) is 3.11. The highest BCUT2D eigenvalue weighted by Crippen LogP contribution is 2.29. The van der Waals surface area contributed by atoms with Crippen LogP contribution in [0, 0.1) is 18.8 Å². The number of allylic oxidation sites excluding steroid dienone is 3. The zero-order chi connectivity index (χ0) is 11.8. The average Bonchev–Trinajstić information content (AvgIpc) is 2.77. The summed E-state index contributed by atoms with van der Waals surface area (Å²) in [7, 11) is 0. The first kappa shape index (κ1) is 10.5. The molecule has 1 aromatic rings. The lowest BCUT2D eigenvalue weighted by Gasteiger charge is -2.27. The third kappa shape index (κ3) is 1.74. The van der Waals surface area contributed by atoms with Gasteiger partial charge in [-0.05, 0) is 23.9 Å². The summed E-state index contributed by atoms with van der Waals surface area (Å²) in [6, 6.07) is 2.12. The van der Waals surface area contributed by atoms with E-state index >= 15 is 0 Å². The van der Waals surface area contributed by atoms with Crippen molar-refractivity contribution in [3.05, 3.63) is 46.2 Å². The topological polar surface area (TPSA) is 41.5 Å². The Balaban J connectivity index is 2.02. The van der Waals surface area contributed by atoms with Gasteiger partial charge >= 0.3 is 0 Å². The first-order valence-corrected chi connectivity index (χ1v) is 6.41. The number of carbonyl (C=O) groups is 1. The Hall–Kier alpha value is -1.68. The molecule has 1 aliphatic carbocycles. The molecule has 3 rings (SSSR count). The molecule has 2 heterocycles. The van der Waals surface area contributed by atoms with Crippen molar-refractivity contribution >= 4 is 23.0 Å². The van der Waals surface area contributed by atoms with Gasteiger partial charge in [0.25, 0.3) is 0 Å². The van der Waals surface area contributed by atoms with Gasteiger partial charge in [-0.2, -0.15) is 5.10 Å². The molecule has 1 amide bonds. The maximum absolute atomic E-state index is 11.7. The van der Waals surface area contributed by atoms with Crippen molar-refractivity contribution < 1.29 is 4.79 Å². The Labute approximate surface area is 104 Å². The van der Waals surface area contributed by atoms with E-state index in [1.165, 1.54) is 5.56 Å². The van der Waals surface area contributed by atoms with Gasteiger partial charge in [0.2, 0.25) is 5.91 Å². The van der Waals surface area contributed by atoms with E-state index in [4.69, 9.17) is 0 Å². The number of hydrogen-bond donors (Lipinski definition) is 1. The number of nitrogens with zero attached hydrogens (tertiary/aromatic N) is 1. The van der Waals surface area contributed by atoms with Gasteiger partial charge in [-0.3, -0.25) is 4.79 Å². The second-order valence-corrected chi connectivity index (χ2v) is 5.19. The number of aryl methyl sites for hydroxylation is 1. The molecule has 0 aromatic carbocycles. The number of rotatable bonds is 1. The molecule has 0 fully saturated rings. The lowest BCUT2D eigenvalue weighted by atomic mass is 9.82. The van der Waals surface area contributed by atoms with E-state index in [2.05, 4.69) is 35.0 Å². The van der Waals surface area contributed by atoms with Gasteiger partial charge in [-0.15, -0.1) is 11.3 Å². The molecule has 2 atom stereocenters. The fraction of sp³-hybridized carbons (Fsp3) is 0.231. The smallest absolute Gasteiger partial charge is 0.248 e. The highest BCUT2D eigenvalue weighted by Gasteiger charge is 2.34. The second kappa shape index (κ2) is 3.96.